The summed E-state index contributed by atoms with van der Waals surface area (Å²) >= 11 is 1.38. The first-order chi connectivity index (χ1) is 13.1. The molecule has 1 heterocycles. The second kappa shape index (κ2) is 7.63. The highest BCUT2D eigenvalue weighted by atomic mass is 32.2. The highest BCUT2D eigenvalue weighted by Gasteiger charge is 2.38. The number of aliphatic imine (C=N–C) groups is 1. The molecular weight excluding hydrogens is 395 g/mol. The maximum Gasteiger partial charge on any atom is 0.423 e. The van der Waals surface area contributed by atoms with Crippen LogP contribution < -0.4 is 5.32 Å². The number of amides is 1. The van der Waals surface area contributed by atoms with Gasteiger partial charge in [0.15, 0.2) is 0 Å². The first-order valence-corrected chi connectivity index (χ1v) is 9.08. The van der Waals surface area contributed by atoms with Crippen LogP contribution in [-0.2, 0) is 11.0 Å². The van der Waals surface area contributed by atoms with Gasteiger partial charge < -0.3 is 5.32 Å². The van der Waals surface area contributed by atoms with E-state index in [4.69, 9.17) is 0 Å². The molecule has 1 aliphatic heterocycles. The van der Waals surface area contributed by atoms with Crippen molar-refractivity contribution in [3.05, 3.63) is 69.3 Å². The monoisotopic (exact) mass is 409 g/mol. The van der Waals surface area contributed by atoms with Crippen LogP contribution in [0.2, 0.25) is 0 Å². The summed E-state index contributed by atoms with van der Waals surface area (Å²) in [5, 5.41) is 13.8. The van der Waals surface area contributed by atoms with E-state index in [2.05, 4.69) is 10.3 Å². The van der Waals surface area contributed by atoms with E-state index in [1.807, 2.05) is 31.2 Å². The summed E-state index contributed by atoms with van der Waals surface area (Å²) in [7, 11) is 0. The molecule has 0 spiro atoms. The number of nitro groups is 1. The Morgan fingerprint density at radius 3 is 2.54 bits per heavy atom. The number of anilines is 1. The molecule has 0 radical (unpaired) electrons. The molecule has 0 saturated heterocycles. The fraction of sp³-hybridized carbons (Fsp3) is 0.222. The number of nitro benzene ring substituents is 1. The molecule has 1 amide bonds. The number of alkyl halides is 3. The molecule has 2 aromatic rings. The molecule has 1 N–H and O–H groups in total. The predicted molar refractivity (Wildman–Crippen MR) is 101 cm³/mol. The number of halogens is 3. The zero-order valence-electron chi connectivity index (χ0n) is 14.5. The number of hydrogen-bond donors (Lipinski definition) is 1. The first-order valence-electron chi connectivity index (χ1n) is 8.09. The molecule has 1 atom stereocenters. The number of carbonyl (C=O) groups is 1. The van der Waals surface area contributed by atoms with E-state index in [0.29, 0.717) is 16.9 Å². The topological polar surface area (TPSA) is 84.6 Å². The third-order valence-electron chi connectivity index (χ3n) is 4.02. The molecule has 146 valence electrons. The second-order valence-corrected chi connectivity index (χ2v) is 7.11. The fourth-order valence-electron chi connectivity index (χ4n) is 2.59. The maximum atomic E-state index is 13.1. The van der Waals surface area contributed by atoms with Gasteiger partial charge in [-0.25, -0.2) is 0 Å². The Labute approximate surface area is 162 Å². The van der Waals surface area contributed by atoms with Crippen molar-refractivity contribution < 1.29 is 22.9 Å². The molecule has 0 bridgehead atoms. The lowest BCUT2D eigenvalue weighted by Crippen LogP contribution is -2.26. The Balaban J connectivity index is 1.78. The second-order valence-electron chi connectivity index (χ2n) is 6.10. The summed E-state index contributed by atoms with van der Waals surface area (Å²) in [5.41, 5.74) is -0.714. The molecule has 1 unspecified atom stereocenters. The summed E-state index contributed by atoms with van der Waals surface area (Å²) in [6.07, 6.45) is -4.91. The summed E-state index contributed by atoms with van der Waals surface area (Å²) in [5.74, 6) is -0.217. The lowest BCUT2D eigenvalue weighted by Gasteiger charge is -2.12. The van der Waals surface area contributed by atoms with Crippen molar-refractivity contribution in [1.29, 1.82) is 0 Å². The zero-order valence-corrected chi connectivity index (χ0v) is 15.3. The minimum atomic E-state index is -4.91. The van der Waals surface area contributed by atoms with Gasteiger partial charge in [0.1, 0.15) is 11.6 Å². The van der Waals surface area contributed by atoms with E-state index >= 15 is 0 Å². The minimum absolute atomic E-state index is 0.174. The molecule has 0 saturated carbocycles. The van der Waals surface area contributed by atoms with E-state index < -0.39 is 34.3 Å². The largest absolute Gasteiger partial charge is 0.423 e. The summed E-state index contributed by atoms with van der Waals surface area (Å²) in [6, 6.07) is 9.19. The summed E-state index contributed by atoms with van der Waals surface area (Å²) < 4.78 is 39.2. The molecule has 6 nitrogen and oxygen atoms in total. The molecule has 0 aromatic heterocycles. The number of carbonyl (C=O) groups excluding carboxylic acids is 1. The first kappa shape index (κ1) is 19.9. The quantitative estimate of drug-likeness (QED) is 0.598. The average molecular weight is 409 g/mol. The van der Waals surface area contributed by atoms with Crippen molar-refractivity contribution >= 4 is 34.1 Å². The third kappa shape index (κ3) is 4.33. The Morgan fingerprint density at radius 1 is 1.25 bits per heavy atom. The number of hydrogen-bond acceptors (Lipinski definition) is 5. The van der Waals surface area contributed by atoms with Gasteiger partial charge in [-0.1, -0.05) is 29.8 Å². The molecule has 10 heteroatoms. The maximum absolute atomic E-state index is 13.1. The van der Waals surface area contributed by atoms with Gasteiger partial charge in [-0.05, 0) is 19.1 Å². The van der Waals surface area contributed by atoms with Crippen LogP contribution in [0.15, 0.2) is 47.5 Å². The predicted octanol–water partition coefficient (Wildman–Crippen LogP) is 4.42. The molecule has 28 heavy (non-hydrogen) atoms. The van der Waals surface area contributed by atoms with Gasteiger partial charge >= 0.3 is 6.18 Å². The van der Waals surface area contributed by atoms with Crippen LogP contribution in [0.25, 0.3) is 0 Å². The van der Waals surface area contributed by atoms with Gasteiger partial charge in [0, 0.05) is 23.1 Å². The van der Waals surface area contributed by atoms with E-state index in [1.54, 1.807) is 0 Å². The number of aryl methyl sites for hydroxylation is 1. The van der Waals surface area contributed by atoms with Crippen LogP contribution in [0.1, 0.15) is 16.7 Å². The Morgan fingerprint density at radius 2 is 1.93 bits per heavy atom. The van der Waals surface area contributed by atoms with Crippen molar-refractivity contribution in [3.63, 3.8) is 0 Å². The number of nitrogens with one attached hydrogen (secondary N) is 1. The SMILES string of the molecule is Cc1ccc(C2=NC(C(=O)Nc3ccc([N+](=O)[O-])c(C(F)(F)F)c3)CS2)cc1. The average Bonchev–Trinajstić information content (AvgIpc) is 3.11. The molecule has 0 aliphatic carbocycles. The van der Waals surface area contributed by atoms with Gasteiger partial charge in [0.25, 0.3) is 5.69 Å². The van der Waals surface area contributed by atoms with Crippen molar-refractivity contribution in [2.24, 2.45) is 4.99 Å². The van der Waals surface area contributed by atoms with E-state index in [9.17, 15) is 28.1 Å². The van der Waals surface area contributed by atoms with Crippen LogP contribution >= 0.6 is 11.8 Å². The number of thioether (sulfide) groups is 1. The lowest BCUT2D eigenvalue weighted by atomic mass is 10.1. The minimum Gasteiger partial charge on any atom is -0.324 e. The van der Waals surface area contributed by atoms with Gasteiger partial charge in [-0.2, -0.15) is 13.2 Å². The van der Waals surface area contributed by atoms with Gasteiger partial charge in [-0.15, -0.1) is 11.8 Å². The van der Waals surface area contributed by atoms with Gasteiger partial charge in [0.2, 0.25) is 5.91 Å². The highest BCUT2D eigenvalue weighted by Crippen LogP contribution is 2.37. The fourth-order valence-corrected chi connectivity index (χ4v) is 3.63. The lowest BCUT2D eigenvalue weighted by molar-refractivity contribution is -0.388. The van der Waals surface area contributed by atoms with Crippen LogP contribution in [0.3, 0.4) is 0 Å². The number of rotatable bonds is 4. The number of benzene rings is 2. The molecular formula is C18H14F3N3O3S. The van der Waals surface area contributed by atoms with Crippen molar-refractivity contribution in [2.75, 3.05) is 11.1 Å². The molecule has 0 fully saturated rings. The molecule has 1 aliphatic rings. The van der Waals surface area contributed by atoms with Crippen molar-refractivity contribution in [2.45, 2.75) is 19.1 Å². The summed E-state index contributed by atoms with van der Waals surface area (Å²) in [4.78, 5) is 26.4. The van der Waals surface area contributed by atoms with Crippen molar-refractivity contribution in [3.8, 4) is 0 Å². The van der Waals surface area contributed by atoms with Crippen LogP contribution in [0.5, 0.6) is 0 Å². The van der Waals surface area contributed by atoms with Crippen LogP contribution in [0, 0.1) is 17.0 Å². The van der Waals surface area contributed by atoms with Crippen LogP contribution in [-0.4, -0.2) is 27.7 Å². The Bertz CT molecular complexity index is 959. The summed E-state index contributed by atoms with van der Waals surface area (Å²) in [6.45, 7) is 1.95. The highest BCUT2D eigenvalue weighted by molar-refractivity contribution is 8.14. The molecule has 3 rings (SSSR count). The standard InChI is InChI=1S/C18H14F3N3O3S/c1-10-2-4-11(5-3-10)17-23-14(9-28-17)16(25)22-12-6-7-15(24(26)27)13(8-12)18(19,20)21/h2-8,14H,9H2,1H3,(H,22,25). The molecule has 2 aromatic carbocycles. The Hall–Kier alpha value is -2.88. The Kier molecular flexibility index (Phi) is 5.41. The number of nitrogens with zero attached hydrogens (tertiary/aromatic N) is 2. The van der Waals surface area contributed by atoms with Crippen molar-refractivity contribution in [1.82, 2.24) is 0 Å². The van der Waals surface area contributed by atoms with Crippen LogP contribution in [0.4, 0.5) is 24.5 Å². The third-order valence-corrected chi connectivity index (χ3v) is 5.12. The van der Waals surface area contributed by atoms with Gasteiger partial charge in [-0.3, -0.25) is 19.9 Å². The van der Waals surface area contributed by atoms with Gasteiger partial charge in [0.05, 0.1) is 9.97 Å². The smallest absolute Gasteiger partial charge is 0.324 e. The zero-order chi connectivity index (χ0) is 20.5. The van der Waals surface area contributed by atoms with E-state index in [-0.39, 0.29) is 5.69 Å². The van der Waals surface area contributed by atoms with E-state index in [0.717, 1.165) is 23.3 Å². The van der Waals surface area contributed by atoms with E-state index in [1.165, 1.54) is 11.8 Å². The normalized spacial score (nSPS) is 16.6.